The minimum atomic E-state index is 0.484. The van der Waals surface area contributed by atoms with Crippen LogP contribution in [-0.2, 0) is 4.74 Å². The second-order valence-corrected chi connectivity index (χ2v) is 6.55. The van der Waals surface area contributed by atoms with E-state index in [2.05, 4.69) is 17.6 Å². The Morgan fingerprint density at radius 3 is 2.71 bits per heavy atom. The number of hydrogen-bond acceptors (Lipinski definition) is 3. The molecule has 2 fully saturated rings. The zero-order valence-corrected chi connectivity index (χ0v) is 12.6. The number of benzene rings is 1. The van der Waals surface area contributed by atoms with E-state index in [1.165, 1.54) is 24.2 Å². The van der Waals surface area contributed by atoms with Crippen LogP contribution >= 0.6 is 0 Å². The highest BCUT2D eigenvalue weighted by molar-refractivity contribution is 5.80. The molecule has 2 N–H and O–H groups in total. The number of hydrogen-bond donors (Lipinski definition) is 1. The molecule has 2 heterocycles. The van der Waals surface area contributed by atoms with Gasteiger partial charge in [-0.15, -0.1) is 0 Å². The number of nitrogens with zero attached hydrogens (tertiary/aromatic N) is 2. The summed E-state index contributed by atoms with van der Waals surface area (Å²) in [5.74, 6) is 2.61. The Bertz CT molecular complexity index is 653. The molecule has 0 spiro atoms. The maximum Gasteiger partial charge on any atom is 0.113 e. The summed E-state index contributed by atoms with van der Waals surface area (Å²) in [6.45, 7) is 4.14. The SMILES string of the molecule is CC(C1CCOCC1)n1c(C2CC2)nc2cc(N)ccc21. The Morgan fingerprint density at radius 2 is 2.00 bits per heavy atom. The van der Waals surface area contributed by atoms with Crippen molar-refractivity contribution < 1.29 is 4.74 Å². The fourth-order valence-electron chi connectivity index (χ4n) is 3.60. The minimum Gasteiger partial charge on any atom is -0.399 e. The Kier molecular flexibility index (Phi) is 3.14. The molecule has 112 valence electrons. The average Bonchev–Trinajstić information content (AvgIpc) is 3.28. The van der Waals surface area contributed by atoms with Gasteiger partial charge in [0.25, 0.3) is 0 Å². The molecule has 1 aliphatic carbocycles. The third kappa shape index (κ3) is 2.31. The van der Waals surface area contributed by atoms with E-state index in [0.29, 0.717) is 17.9 Å². The highest BCUT2D eigenvalue weighted by Gasteiger charge is 2.33. The lowest BCUT2D eigenvalue weighted by atomic mass is 9.92. The van der Waals surface area contributed by atoms with Crippen molar-refractivity contribution in [1.29, 1.82) is 0 Å². The van der Waals surface area contributed by atoms with E-state index in [0.717, 1.165) is 37.3 Å². The summed E-state index contributed by atoms with van der Waals surface area (Å²) >= 11 is 0. The molecule has 2 aromatic rings. The van der Waals surface area contributed by atoms with Gasteiger partial charge in [0.15, 0.2) is 0 Å². The van der Waals surface area contributed by atoms with Gasteiger partial charge in [-0.2, -0.15) is 0 Å². The molecule has 0 amide bonds. The summed E-state index contributed by atoms with van der Waals surface area (Å²) < 4.78 is 8.01. The Hall–Kier alpha value is -1.55. The largest absolute Gasteiger partial charge is 0.399 e. The van der Waals surface area contributed by atoms with Crippen molar-refractivity contribution in [1.82, 2.24) is 9.55 Å². The highest BCUT2D eigenvalue weighted by atomic mass is 16.5. The molecule has 1 saturated carbocycles. The van der Waals surface area contributed by atoms with Crippen LogP contribution in [0.3, 0.4) is 0 Å². The number of anilines is 1. The lowest BCUT2D eigenvalue weighted by molar-refractivity contribution is 0.0515. The second kappa shape index (κ2) is 5.02. The molecule has 1 aliphatic heterocycles. The molecule has 4 nitrogen and oxygen atoms in total. The predicted octanol–water partition coefficient (Wildman–Crippen LogP) is 3.48. The van der Waals surface area contributed by atoms with Gasteiger partial charge in [-0.05, 0) is 56.7 Å². The molecule has 1 aromatic heterocycles. The van der Waals surface area contributed by atoms with Crippen molar-refractivity contribution in [3.05, 3.63) is 24.0 Å². The summed E-state index contributed by atoms with van der Waals surface area (Å²) in [4.78, 5) is 4.90. The van der Waals surface area contributed by atoms with Crippen molar-refractivity contribution in [2.75, 3.05) is 18.9 Å². The van der Waals surface area contributed by atoms with Gasteiger partial charge in [0.1, 0.15) is 5.82 Å². The molecule has 1 aromatic carbocycles. The Labute approximate surface area is 125 Å². The van der Waals surface area contributed by atoms with E-state index in [9.17, 15) is 0 Å². The minimum absolute atomic E-state index is 0.484. The van der Waals surface area contributed by atoms with E-state index >= 15 is 0 Å². The summed E-state index contributed by atoms with van der Waals surface area (Å²) in [6, 6.07) is 6.62. The van der Waals surface area contributed by atoms with Crippen LogP contribution in [0.2, 0.25) is 0 Å². The summed E-state index contributed by atoms with van der Waals surface area (Å²) in [6.07, 6.45) is 4.86. The van der Waals surface area contributed by atoms with E-state index < -0.39 is 0 Å². The number of fused-ring (bicyclic) bond motifs is 1. The number of nitrogen functional groups attached to an aromatic ring is 1. The first-order valence-electron chi connectivity index (χ1n) is 8.09. The fraction of sp³-hybridized carbons (Fsp3) is 0.588. The third-order valence-corrected chi connectivity index (χ3v) is 5.04. The van der Waals surface area contributed by atoms with Crippen molar-refractivity contribution in [2.24, 2.45) is 5.92 Å². The predicted molar refractivity (Wildman–Crippen MR) is 84.4 cm³/mol. The number of imidazole rings is 1. The molecule has 4 heteroatoms. The van der Waals surface area contributed by atoms with Gasteiger partial charge in [-0.25, -0.2) is 4.98 Å². The zero-order chi connectivity index (χ0) is 14.4. The molecular formula is C17H23N3O. The first-order valence-corrected chi connectivity index (χ1v) is 8.09. The van der Waals surface area contributed by atoms with E-state index in [4.69, 9.17) is 15.5 Å². The molecule has 4 rings (SSSR count). The normalized spacial score (nSPS) is 21.8. The Balaban J connectivity index is 1.79. The van der Waals surface area contributed by atoms with E-state index in [-0.39, 0.29) is 0 Å². The molecular weight excluding hydrogens is 262 g/mol. The van der Waals surface area contributed by atoms with E-state index in [1.807, 2.05) is 12.1 Å². The molecule has 0 radical (unpaired) electrons. The van der Waals surface area contributed by atoms with Crippen molar-refractivity contribution in [3.8, 4) is 0 Å². The molecule has 1 unspecified atom stereocenters. The smallest absolute Gasteiger partial charge is 0.113 e. The van der Waals surface area contributed by atoms with Crippen LogP contribution in [0, 0.1) is 5.92 Å². The lowest BCUT2D eigenvalue weighted by Crippen LogP contribution is -2.25. The van der Waals surface area contributed by atoms with Crippen LogP contribution in [0.5, 0.6) is 0 Å². The first kappa shape index (κ1) is 13.1. The zero-order valence-electron chi connectivity index (χ0n) is 12.6. The van der Waals surface area contributed by atoms with Crippen molar-refractivity contribution in [3.63, 3.8) is 0 Å². The van der Waals surface area contributed by atoms with Gasteiger partial charge in [-0.1, -0.05) is 0 Å². The summed E-state index contributed by atoms with van der Waals surface area (Å²) in [5, 5.41) is 0. The van der Waals surface area contributed by atoms with Gasteiger partial charge in [0, 0.05) is 30.9 Å². The lowest BCUT2D eigenvalue weighted by Gasteiger charge is -2.30. The molecule has 1 saturated heterocycles. The molecule has 1 atom stereocenters. The quantitative estimate of drug-likeness (QED) is 0.878. The highest BCUT2D eigenvalue weighted by Crippen LogP contribution is 2.43. The number of aromatic nitrogens is 2. The van der Waals surface area contributed by atoms with Crippen LogP contribution in [0.4, 0.5) is 5.69 Å². The van der Waals surface area contributed by atoms with E-state index in [1.54, 1.807) is 0 Å². The first-order chi connectivity index (χ1) is 10.2. The monoisotopic (exact) mass is 285 g/mol. The topological polar surface area (TPSA) is 53.1 Å². The fourth-order valence-corrected chi connectivity index (χ4v) is 3.60. The summed E-state index contributed by atoms with van der Waals surface area (Å²) in [7, 11) is 0. The van der Waals surface area contributed by atoms with Crippen LogP contribution in [-0.4, -0.2) is 22.8 Å². The molecule has 21 heavy (non-hydrogen) atoms. The molecule has 0 bridgehead atoms. The van der Waals surface area contributed by atoms with Gasteiger partial charge >= 0.3 is 0 Å². The molecule has 2 aliphatic rings. The van der Waals surface area contributed by atoms with Gasteiger partial charge in [0.05, 0.1) is 11.0 Å². The van der Waals surface area contributed by atoms with Crippen LogP contribution < -0.4 is 5.73 Å². The van der Waals surface area contributed by atoms with Crippen molar-refractivity contribution >= 4 is 16.7 Å². The number of ether oxygens (including phenoxy) is 1. The maximum atomic E-state index is 5.93. The number of nitrogens with two attached hydrogens (primary N) is 1. The summed E-state index contributed by atoms with van der Waals surface area (Å²) in [5.41, 5.74) is 9.02. The second-order valence-electron chi connectivity index (χ2n) is 6.55. The Morgan fingerprint density at radius 1 is 1.24 bits per heavy atom. The van der Waals surface area contributed by atoms with Crippen LogP contribution in [0.1, 0.15) is 50.4 Å². The van der Waals surface area contributed by atoms with Crippen LogP contribution in [0.25, 0.3) is 11.0 Å². The average molecular weight is 285 g/mol. The maximum absolute atomic E-state index is 5.93. The van der Waals surface area contributed by atoms with Gasteiger partial charge in [-0.3, -0.25) is 0 Å². The van der Waals surface area contributed by atoms with Crippen LogP contribution in [0.15, 0.2) is 18.2 Å². The van der Waals surface area contributed by atoms with Gasteiger partial charge < -0.3 is 15.0 Å². The van der Waals surface area contributed by atoms with Crippen molar-refractivity contribution in [2.45, 2.75) is 44.6 Å². The standard InChI is InChI=1S/C17H23N3O/c1-11(12-6-8-21-9-7-12)20-16-5-4-14(18)10-15(16)19-17(20)13-2-3-13/h4-5,10-13H,2-3,6-9,18H2,1H3. The van der Waals surface area contributed by atoms with Gasteiger partial charge in [0.2, 0.25) is 0 Å². The number of rotatable bonds is 3. The third-order valence-electron chi connectivity index (χ3n) is 5.04.